The number of hydrogen-bond donors (Lipinski definition) is 2. The zero-order valence-electron chi connectivity index (χ0n) is 16.8. The number of amides is 2. The Balaban J connectivity index is 1.48. The summed E-state index contributed by atoms with van der Waals surface area (Å²) in [6, 6.07) is 9.74. The molecule has 0 atom stereocenters. The summed E-state index contributed by atoms with van der Waals surface area (Å²) in [5.41, 5.74) is 1.47. The Morgan fingerprint density at radius 2 is 1.71 bits per heavy atom. The van der Waals surface area contributed by atoms with Crippen LogP contribution in [0.1, 0.15) is 15.9 Å². The summed E-state index contributed by atoms with van der Waals surface area (Å²) in [6.45, 7) is 3.68. The summed E-state index contributed by atoms with van der Waals surface area (Å²) < 4.78 is 40.4. The molecule has 1 heterocycles. The van der Waals surface area contributed by atoms with Crippen LogP contribution in [0.15, 0.2) is 42.5 Å². The van der Waals surface area contributed by atoms with Gasteiger partial charge in [0, 0.05) is 31.9 Å². The molecule has 1 fully saturated rings. The molecule has 31 heavy (non-hydrogen) atoms. The topological polar surface area (TPSA) is 82.1 Å². The fourth-order valence-corrected chi connectivity index (χ4v) is 3.24. The summed E-state index contributed by atoms with van der Waals surface area (Å²) in [5, 5.41) is 12.6. The van der Waals surface area contributed by atoms with Gasteiger partial charge in [0.15, 0.2) is 0 Å². The van der Waals surface area contributed by atoms with Crippen molar-refractivity contribution in [2.24, 2.45) is 0 Å². The van der Waals surface area contributed by atoms with E-state index in [-0.39, 0.29) is 35.4 Å². The van der Waals surface area contributed by atoms with Crippen LogP contribution in [0.2, 0.25) is 0 Å². The number of phenols is 1. The number of hydrogen-bond acceptors (Lipinski definition) is 5. The van der Waals surface area contributed by atoms with Gasteiger partial charge in [0.1, 0.15) is 11.5 Å². The van der Waals surface area contributed by atoms with Crippen LogP contribution in [-0.2, 0) is 4.79 Å². The third kappa shape index (κ3) is 6.35. The second-order valence-corrected chi connectivity index (χ2v) is 7.21. The minimum atomic E-state index is -4.77. The molecule has 3 rings (SSSR count). The molecule has 0 bridgehead atoms. The first-order valence-electron chi connectivity index (χ1n) is 9.57. The molecule has 1 aliphatic rings. The predicted molar refractivity (Wildman–Crippen MR) is 107 cm³/mol. The van der Waals surface area contributed by atoms with Crippen molar-refractivity contribution in [3.63, 3.8) is 0 Å². The van der Waals surface area contributed by atoms with E-state index in [2.05, 4.69) is 10.1 Å². The van der Waals surface area contributed by atoms with Crippen LogP contribution in [-0.4, -0.2) is 65.8 Å². The van der Waals surface area contributed by atoms with Crippen molar-refractivity contribution < 1.29 is 32.6 Å². The first-order valence-corrected chi connectivity index (χ1v) is 9.57. The third-order valence-corrected chi connectivity index (χ3v) is 4.78. The van der Waals surface area contributed by atoms with E-state index in [1.54, 1.807) is 17.0 Å². The van der Waals surface area contributed by atoms with Gasteiger partial charge in [-0.15, -0.1) is 13.2 Å². The molecule has 0 saturated carbocycles. The number of halogens is 3. The number of nitrogens with zero attached hydrogens (tertiary/aromatic N) is 2. The zero-order valence-corrected chi connectivity index (χ0v) is 16.8. The van der Waals surface area contributed by atoms with E-state index in [1.165, 1.54) is 18.2 Å². The molecule has 2 aromatic rings. The Bertz CT molecular complexity index is 940. The lowest BCUT2D eigenvalue weighted by atomic mass is 10.1. The van der Waals surface area contributed by atoms with E-state index in [1.807, 2.05) is 11.8 Å². The molecule has 10 heteroatoms. The number of benzene rings is 2. The first kappa shape index (κ1) is 22.4. The lowest BCUT2D eigenvalue weighted by Crippen LogP contribution is -2.50. The molecule has 7 nitrogen and oxygen atoms in total. The largest absolute Gasteiger partial charge is 0.573 e. The maximum atomic E-state index is 12.6. The lowest BCUT2D eigenvalue weighted by molar-refractivity contribution is -0.274. The number of aromatic hydroxyl groups is 1. The third-order valence-electron chi connectivity index (χ3n) is 4.78. The molecule has 0 radical (unpaired) electrons. The average Bonchev–Trinajstić information content (AvgIpc) is 2.70. The van der Waals surface area contributed by atoms with Gasteiger partial charge in [-0.1, -0.05) is 11.6 Å². The summed E-state index contributed by atoms with van der Waals surface area (Å²) >= 11 is 0. The van der Waals surface area contributed by atoms with Crippen molar-refractivity contribution in [2.45, 2.75) is 13.3 Å². The maximum Gasteiger partial charge on any atom is 0.573 e. The zero-order chi connectivity index (χ0) is 22.6. The van der Waals surface area contributed by atoms with Crippen LogP contribution in [0.5, 0.6) is 11.5 Å². The van der Waals surface area contributed by atoms with Crippen molar-refractivity contribution >= 4 is 17.5 Å². The van der Waals surface area contributed by atoms with Crippen molar-refractivity contribution in [1.29, 1.82) is 0 Å². The molecule has 0 unspecified atom stereocenters. The SMILES string of the molecule is Cc1ccc(O)c(C(=O)N2CCN(CC(=O)Nc3ccc(OC(F)(F)F)cc3)CC2)c1. The molecule has 166 valence electrons. The van der Waals surface area contributed by atoms with Crippen molar-refractivity contribution in [1.82, 2.24) is 9.80 Å². The molecule has 2 amide bonds. The van der Waals surface area contributed by atoms with Crippen molar-refractivity contribution in [3.05, 3.63) is 53.6 Å². The van der Waals surface area contributed by atoms with E-state index in [0.29, 0.717) is 31.9 Å². The Hall–Kier alpha value is -3.27. The van der Waals surface area contributed by atoms with Gasteiger partial charge in [0.25, 0.3) is 5.91 Å². The second-order valence-electron chi connectivity index (χ2n) is 7.21. The van der Waals surface area contributed by atoms with E-state index < -0.39 is 6.36 Å². The fourth-order valence-electron chi connectivity index (χ4n) is 3.24. The highest BCUT2D eigenvalue weighted by Gasteiger charge is 2.31. The predicted octanol–water partition coefficient (Wildman–Crippen LogP) is 3.00. The summed E-state index contributed by atoms with van der Waals surface area (Å²) in [6.07, 6.45) is -4.77. The normalized spacial score (nSPS) is 14.9. The van der Waals surface area contributed by atoms with Crippen molar-refractivity contribution in [3.8, 4) is 11.5 Å². The van der Waals surface area contributed by atoms with Gasteiger partial charge in [0.2, 0.25) is 5.91 Å². The van der Waals surface area contributed by atoms with Gasteiger partial charge in [-0.2, -0.15) is 0 Å². The molecule has 1 saturated heterocycles. The fraction of sp³-hybridized carbons (Fsp3) is 0.333. The van der Waals surface area contributed by atoms with Gasteiger partial charge in [-0.25, -0.2) is 0 Å². The van der Waals surface area contributed by atoms with Gasteiger partial charge >= 0.3 is 6.36 Å². The number of alkyl halides is 3. The highest BCUT2D eigenvalue weighted by atomic mass is 19.4. The lowest BCUT2D eigenvalue weighted by Gasteiger charge is -2.34. The molecule has 0 aliphatic carbocycles. The molecule has 0 spiro atoms. The highest BCUT2D eigenvalue weighted by Crippen LogP contribution is 2.24. The summed E-state index contributed by atoms with van der Waals surface area (Å²) in [7, 11) is 0. The molecule has 2 N–H and O–H groups in total. The quantitative estimate of drug-likeness (QED) is 0.752. The maximum absolute atomic E-state index is 12.6. The van der Waals surface area contributed by atoms with Gasteiger partial charge in [-0.3, -0.25) is 14.5 Å². The minimum Gasteiger partial charge on any atom is -0.507 e. The standard InChI is InChI=1S/C21H22F3N3O4/c1-14-2-7-18(28)17(12-14)20(30)27-10-8-26(9-11-27)13-19(29)25-15-3-5-16(6-4-15)31-21(22,23)24/h2-7,12,28H,8-11,13H2,1H3,(H,25,29). The van der Waals surface area contributed by atoms with E-state index in [4.69, 9.17) is 0 Å². The molecular formula is C21H22F3N3O4. The van der Waals surface area contributed by atoms with Gasteiger partial charge in [0.05, 0.1) is 12.1 Å². The number of carbonyl (C=O) groups is 2. The van der Waals surface area contributed by atoms with Crippen LogP contribution >= 0.6 is 0 Å². The van der Waals surface area contributed by atoms with Crippen LogP contribution < -0.4 is 10.1 Å². The number of nitrogens with one attached hydrogen (secondary N) is 1. The summed E-state index contributed by atoms with van der Waals surface area (Å²) in [5.74, 6) is -1.01. The Morgan fingerprint density at radius 1 is 1.06 bits per heavy atom. The van der Waals surface area contributed by atoms with Crippen LogP contribution in [0, 0.1) is 6.92 Å². The monoisotopic (exact) mass is 437 g/mol. The van der Waals surface area contributed by atoms with Crippen LogP contribution in [0.3, 0.4) is 0 Å². The Morgan fingerprint density at radius 3 is 2.32 bits per heavy atom. The molecule has 0 aromatic heterocycles. The molecular weight excluding hydrogens is 415 g/mol. The van der Waals surface area contributed by atoms with E-state index in [9.17, 15) is 27.9 Å². The molecule has 2 aromatic carbocycles. The number of rotatable bonds is 5. The van der Waals surface area contributed by atoms with Crippen LogP contribution in [0.4, 0.5) is 18.9 Å². The van der Waals surface area contributed by atoms with Gasteiger partial charge < -0.3 is 20.1 Å². The number of carbonyl (C=O) groups excluding carboxylic acids is 2. The number of phenolic OH excluding ortho intramolecular Hbond substituents is 1. The summed E-state index contributed by atoms with van der Waals surface area (Å²) in [4.78, 5) is 28.4. The molecule has 1 aliphatic heterocycles. The second kappa shape index (κ2) is 9.25. The number of anilines is 1. The average molecular weight is 437 g/mol. The first-order chi connectivity index (χ1) is 14.6. The van der Waals surface area contributed by atoms with E-state index in [0.717, 1.165) is 17.7 Å². The Labute approximate surface area is 177 Å². The highest BCUT2D eigenvalue weighted by molar-refractivity contribution is 5.97. The smallest absolute Gasteiger partial charge is 0.507 e. The van der Waals surface area contributed by atoms with Crippen LogP contribution in [0.25, 0.3) is 0 Å². The number of piperazine rings is 1. The van der Waals surface area contributed by atoms with E-state index >= 15 is 0 Å². The Kier molecular flexibility index (Phi) is 6.69. The van der Waals surface area contributed by atoms with Crippen molar-refractivity contribution in [2.75, 3.05) is 38.0 Å². The number of aryl methyl sites for hydroxylation is 1. The van der Waals surface area contributed by atoms with Gasteiger partial charge in [-0.05, 0) is 43.3 Å². The number of ether oxygens (including phenoxy) is 1. The minimum absolute atomic E-state index is 0.0657.